The number of fused-ring (bicyclic) bond motifs is 1. The van der Waals surface area contributed by atoms with Crippen LogP contribution >= 0.6 is 22.9 Å². The molecule has 2 rings (SSSR count). The SMILES string of the molecule is CN(CCCCCO)C(=O)/C=C/c1c(Cl)nc2sccn12. The highest BCUT2D eigenvalue weighted by atomic mass is 35.5. The monoisotopic (exact) mass is 327 g/mol. The first-order valence-electron chi connectivity index (χ1n) is 6.78. The second-order valence-corrected chi connectivity index (χ2v) is 5.95. The van der Waals surface area contributed by atoms with Gasteiger partial charge in [-0.3, -0.25) is 9.20 Å². The molecule has 1 N–H and O–H groups in total. The topological polar surface area (TPSA) is 57.8 Å². The molecule has 0 aromatic carbocycles. The van der Waals surface area contributed by atoms with Crippen LogP contribution in [0.2, 0.25) is 5.15 Å². The molecule has 2 aromatic heterocycles. The Kier molecular flexibility index (Phi) is 5.78. The Morgan fingerprint density at radius 3 is 3.10 bits per heavy atom. The zero-order valence-corrected chi connectivity index (χ0v) is 13.4. The lowest BCUT2D eigenvalue weighted by molar-refractivity contribution is -0.124. The van der Waals surface area contributed by atoms with Gasteiger partial charge in [0.1, 0.15) is 0 Å². The molecule has 2 aromatic rings. The number of imidazole rings is 1. The maximum atomic E-state index is 12.0. The Labute approximate surface area is 132 Å². The van der Waals surface area contributed by atoms with Gasteiger partial charge in [0.2, 0.25) is 5.91 Å². The molecule has 114 valence electrons. The van der Waals surface area contributed by atoms with Crippen molar-refractivity contribution in [2.45, 2.75) is 19.3 Å². The molecule has 0 bridgehead atoms. The fourth-order valence-corrected chi connectivity index (χ4v) is 2.96. The van der Waals surface area contributed by atoms with Crippen LogP contribution < -0.4 is 0 Å². The molecule has 0 radical (unpaired) electrons. The van der Waals surface area contributed by atoms with E-state index in [0.29, 0.717) is 11.7 Å². The number of rotatable bonds is 7. The number of carbonyl (C=O) groups is 1. The first-order chi connectivity index (χ1) is 10.1. The van der Waals surface area contributed by atoms with Crippen LogP contribution in [-0.2, 0) is 4.79 Å². The summed E-state index contributed by atoms with van der Waals surface area (Å²) in [5.74, 6) is -0.0692. The number of aliphatic hydroxyl groups is 1. The highest BCUT2D eigenvalue weighted by Crippen LogP contribution is 2.22. The van der Waals surface area contributed by atoms with E-state index in [1.54, 1.807) is 18.0 Å². The number of aliphatic hydroxyl groups excluding tert-OH is 1. The van der Waals surface area contributed by atoms with Crippen molar-refractivity contribution in [3.63, 3.8) is 0 Å². The normalized spacial score (nSPS) is 11.6. The van der Waals surface area contributed by atoms with E-state index in [0.717, 1.165) is 29.9 Å². The van der Waals surface area contributed by atoms with Gasteiger partial charge in [0, 0.05) is 37.9 Å². The summed E-state index contributed by atoms with van der Waals surface area (Å²) >= 11 is 7.56. The lowest BCUT2D eigenvalue weighted by atomic mass is 10.2. The van der Waals surface area contributed by atoms with E-state index >= 15 is 0 Å². The number of hydrogen-bond acceptors (Lipinski definition) is 4. The van der Waals surface area contributed by atoms with E-state index in [1.165, 1.54) is 17.4 Å². The molecule has 0 aliphatic rings. The van der Waals surface area contributed by atoms with Gasteiger partial charge < -0.3 is 10.0 Å². The summed E-state index contributed by atoms with van der Waals surface area (Å²) in [6, 6.07) is 0. The van der Waals surface area contributed by atoms with Gasteiger partial charge in [0.25, 0.3) is 0 Å². The number of likely N-dealkylation sites (N-methyl/N-ethyl adjacent to an activating group) is 1. The van der Waals surface area contributed by atoms with Crippen molar-refractivity contribution in [3.8, 4) is 0 Å². The molecule has 0 spiro atoms. The number of aromatic nitrogens is 2. The number of nitrogens with zero attached hydrogens (tertiary/aromatic N) is 3. The molecule has 5 nitrogen and oxygen atoms in total. The van der Waals surface area contributed by atoms with Crippen molar-refractivity contribution in [1.82, 2.24) is 14.3 Å². The highest BCUT2D eigenvalue weighted by molar-refractivity contribution is 7.15. The largest absolute Gasteiger partial charge is 0.396 e. The quantitative estimate of drug-likeness (QED) is 0.628. The van der Waals surface area contributed by atoms with Crippen LogP contribution in [0.25, 0.3) is 11.0 Å². The zero-order valence-electron chi connectivity index (χ0n) is 11.8. The summed E-state index contributed by atoms with van der Waals surface area (Å²) in [6.07, 6.45) is 7.67. The Morgan fingerprint density at radius 1 is 1.52 bits per heavy atom. The van der Waals surface area contributed by atoms with Crippen LogP contribution in [0.5, 0.6) is 0 Å². The number of hydrogen-bond donors (Lipinski definition) is 1. The third-order valence-corrected chi connectivity index (χ3v) is 4.20. The molecule has 0 saturated heterocycles. The van der Waals surface area contributed by atoms with E-state index in [2.05, 4.69) is 4.98 Å². The van der Waals surface area contributed by atoms with Gasteiger partial charge >= 0.3 is 0 Å². The fourth-order valence-electron chi connectivity index (χ4n) is 1.95. The summed E-state index contributed by atoms with van der Waals surface area (Å²) in [4.78, 5) is 18.7. The Bertz CT molecular complexity index is 635. The number of unbranched alkanes of at least 4 members (excludes halogenated alkanes) is 2. The molecule has 0 atom stereocenters. The van der Waals surface area contributed by atoms with Crippen molar-refractivity contribution in [2.75, 3.05) is 20.2 Å². The molecule has 0 saturated carbocycles. The van der Waals surface area contributed by atoms with Gasteiger partial charge in [-0.2, -0.15) is 0 Å². The van der Waals surface area contributed by atoms with Crippen LogP contribution in [0.15, 0.2) is 17.7 Å². The Balaban J connectivity index is 1.95. The lowest BCUT2D eigenvalue weighted by Crippen LogP contribution is -2.25. The number of halogens is 1. The average Bonchev–Trinajstić information content (AvgIpc) is 3.01. The summed E-state index contributed by atoms with van der Waals surface area (Å²) in [5, 5.41) is 11.0. The Hall–Kier alpha value is -1.37. The minimum absolute atomic E-state index is 0.0692. The minimum Gasteiger partial charge on any atom is -0.396 e. The summed E-state index contributed by atoms with van der Waals surface area (Å²) in [7, 11) is 1.77. The molecular formula is C14H18ClN3O2S. The van der Waals surface area contributed by atoms with E-state index < -0.39 is 0 Å². The van der Waals surface area contributed by atoms with Gasteiger partial charge in [-0.15, -0.1) is 11.3 Å². The predicted molar refractivity (Wildman–Crippen MR) is 85.7 cm³/mol. The lowest BCUT2D eigenvalue weighted by Gasteiger charge is -2.14. The van der Waals surface area contributed by atoms with Gasteiger partial charge in [-0.25, -0.2) is 4.98 Å². The third-order valence-electron chi connectivity index (χ3n) is 3.17. The highest BCUT2D eigenvalue weighted by Gasteiger charge is 2.10. The minimum atomic E-state index is -0.0692. The van der Waals surface area contributed by atoms with E-state index in [1.807, 2.05) is 16.0 Å². The Morgan fingerprint density at radius 2 is 2.33 bits per heavy atom. The zero-order chi connectivity index (χ0) is 15.2. The number of carbonyl (C=O) groups excluding carboxylic acids is 1. The number of thiazole rings is 1. The fraction of sp³-hybridized carbons (Fsp3) is 0.429. The second-order valence-electron chi connectivity index (χ2n) is 4.72. The molecule has 1 amide bonds. The molecule has 2 heterocycles. The predicted octanol–water partition coefficient (Wildman–Crippen LogP) is 2.68. The van der Waals surface area contributed by atoms with Gasteiger partial charge in [-0.05, 0) is 25.3 Å². The van der Waals surface area contributed by atoms with Gasteiger partial charge in [0.05, 0.1) is 5.69 Å². The average molecular weight is 328 g/mol. The van der Waals surface area contributed by atoms with Gasteiger partial charge in [0.15, 0.2) is 10.1 Å². The second kappa shape index (κ2) is 7.59. The molecular weight excluding hydrogens is 310 g/mol. The molecule has 0 unspecified atom stereocenters. The van der Waals surface area contributed by atoms with E-state index in [-0.39, 0.29) is 12.5 Å². The van der Waals surface area contributed by atoms with Gasteiger partial charge in [-0.1, -0.05) is 11.6 Å². The van der Waals surface area contributed by atoms with Crippen LogP contribution in [-0.4, -0.2) is 45.5 Å². The van der Waals surface area contributed by atoms with Crippen LogP contribution in [0.3, 0.4) is 0 Å². The van der Waals surface area contributed by atoms with Crippen LogP contribution in [0.4, 0.5) is 0 Å². The van der Waals surface area contributed by atoms with Crippen molar-refractivity contribution < 1.29 is 9.90 Å². The molecule has 0 fully saturated rings. The standard InChI is InChI=1S/C14H18ClN3O2S/c1-17(7-3-2-4-9-19)12(20)6-5-11-13(15)16-14-18(11)8-10-21-14/h5-6,8,10,19H,2-4,7,9H2,1H3/b6-5+. The van der Waals surface area contributed by atoms with E-state index in [9.17, 15) is 4.79 Å². The van der Waals surface area contributed by atoms with Crippen molar-refractivity contribution >= 4 is 39.9 Å². The third kappa shape index (κ3) is 4.06. The molecule has 7 heteroatoms. The number of amides is 1. The smallest absolute Gasteiger partial charge is 0.246 e. The van der Waals surface area contributed by atoms with Crippen molar-refractivity contribution in [3.05, 3.63) is 28.5 Å². The molecule has 0 aliphatic heterocycles. The first-order valence-corrected chi connectivity index (χ1v) is 8.04. The molecule has 21 heavy (non-hydrogen) atoms. The molecule has 0 aliphatic carbocycles. The van der Waals surface area contributed by atoms with Crippen molar-refractivity contribution in [2.24, 2.45) is 0 Å². The maximum Gasteiger partial charge on any atom is 0.246 e. The summed E-state index contributed by atoms with van der Waals surface area (Å²) in [6.45, 7) is 0.880. The summed E-state index contributed by atoms with van der Waals surface area (Å²) in [5.41, 5.74) is 0.718. The van der Waals surface area contributed by atoms with Crippen LogP contribution in [0.1, 0.15) is 25.0 Å². The first kappa shape index (κ1) is 16.0. The van der Waals surface area contributed by atoms with E-state index in [4.69, 9.17) is 16.7 Å². The van der Waals surface area contributed by atoms with Crippen LogP contribution in [0, 0.1) is 0 Å². The van der Waals surface area contributed by atoms with Crippen molar-refractivity contribution in [1.29, 1.82) is 0 Å². The maximum absolute atomic E-state index is 12.0. The summed E-state index contributed by atoms with van der Waals surface area (Å²) < 4.78 is 1.86.